The van der Waals surface area contributed by atoms with Gasteiger partial charge in [-0.2, -0.15) is 0 Å². The zero-order chi connectivity index (χ0) is 13.0. The van der Waals surface area contributed by atoms with Crippen molar-refractivity contribution in [1.82, 2.24) is 9.97 Å². The van der Waals surface area contributed by atoms with Crippen molar-refractivity contribution in [3.05, 3.63) is 51.6 Å². The van der Waals surface area contributed by atoms with Crippen LogP contribution < -0.4 is 5.32 Å². The minimum absolute atomic E-state index is 0.225. The fourth-order valence-corrected chi connectivity index (χ4v) is 1.93. The highest BCUT2D eigenvalue weighted by atomic mass is 79.9. The summed E-state index contributed by atoms with van der Waals surface area (Å²) < 4.78 is 13.4. The standard InChI is InChI=1S/C12H10BrClFN3/c13-10-11(14)17-7-18-12(10)16-6-5-8-1-3-9(15)4-2-8/h1-4,7H,5-6H2,(H,16,17,18). The van der Waals surface area contributed by atoms with E-state index in [4.69, 9.17) is 11.6 Å². The highest BCUT2D eigenvalue weighted by molar-refractivity contribution is 9.10. The predicted molar refractivity (Wildman–Crippen MR) is 73.3 cm³/mol. The molecule has 1 aromatic carbocycles. The van der Waals surface area contributed by atoms with E-state index < -0.39 is 0 Å². The van der Waals surface area contributed by atoms with Gasteiger partial charge in [0.05, 0.1) is 4.47 Å². The lowest BCUT2D eigenvalue weighted by Crippen LogP contribution is -2.07. The molecule has 0 spiro atoms. The van der Waals surface area contributed by atoms with Gasteiger partial charge >= 0.3 is 0 Å². The second-order valence-corrected chi connectivity index (χ2v) is 4.78. The molecule has 2 rings (SSSR count). The second-order valence-electron chi connectivity index (χ2n) is 3.63. The van der Waals surface area contributed by atoms with E-state index in [0.29, 0.717) is 22.0 Å². The number of halogens is 3. The number of nitrogens with zero attached hydrogens (tertiary/aromatic N) is 2. The van der Waals surface area contributed by atoms with Gasteiger partial charge in [0.15, 0.2) is 0 Å². The fraction of sp³-hybridized carbons (Fsp3) is 0.167. The summed E-state index contributed by atoms with van der Waals surface area (Å²) in [6.07, 6.45) is 2.17. The monoisotopic (exact) mass is 329 g/mol. The van der Waals surface area contributed by atoms with Crippen molar-refractivity contribution in [3.63, 3.8) is 0 Å². The molecule has 6 heteroatoms. The van der Waals surface area contributed by atoms with Crippen LogP contribution in [0.1, 0.15) is 5.56 Å². The van der Waals surface area contributed by atoms with Gasteiger partial charge in [-0.25, -0.2) is 14.4 Å². The van der Waals surface area contributed by atoms with E-state index in [9.17, 15) is 4.39 Å². The van der Waals surface area contributed by atoms with Gasteiger partial charge in [0.2, 0.25) is 0 Å². The highest BCUT2D eigenvalue weighted by Crippen LogP contribution is 2.25. The third kappa shape index (κ3) is 3.40. The fourth-order valence-electron chi connectivity index (χ4n) is 1.45. The number of aromatic nitrogens is 2. The third-order valence-corrected chi connectivity index (χ3v) is 3.63. The molecule has 2 aromatic rings. The van der Waals surface area contributed by atoms with Crippen molar-refractivity contribution < 1.29 is 4.39 Å². The van der Waals surface area contributed by atoms with Crippen LogP contribution in [0, 0.1) is 5.82 Å². The van der Waals surface area contributed by atoms with Gasteiger partial charge in [-0.1, -0.05) is 23.7 Å². The maximum Gasteiger partial charge on any atom is 0.148 e. The SMILES string of the molecule is Fc1ccc(CCNc2ncnc(Cl)c2Br)cc1. The molecule has 0 fully saturated rings. The van der Waals surface area contributed by atoms with Gasteiger partial charge in [-0.3, -0.25) is 0 Å². The molecule has 94 valence electrons. The number of hydrogen-bond acceptors (Lipinski definition) is 3. The first-order valence-electron chi connectivity index (χ1n) is 5.31. The van der Waals surface area contributed by atoms with Gasteiger partial charge in [-0.05, 0) is 40.0 Å². The summed E-state index contributed by atoms with van der Waals surface area (Å²) in [5.74, 6) is 0.425. The lowest BCUT2D eigenvalue weighted by atomic mass is 10.1. The van der Waals surface area contributed by atoms with Crippen molar-refractivity contribution in [2.45, 2.75) is 6.42 Å². The average Bonchev–Trinajstić information content (AvgIpc) is 2.37. The summed E-state index contributed by atoms with van der Waals surface area (Å²) in [6, 6.07) is 6.43. The molecule has 1 heterocycles. The Labute approximate surface area is 118 Å². The Kier molecular flexibility index (Phi) is 4.49. The Bertz CT molecular complexity index is 533. The summed E-state index contributed by atoms with van der Waals surface area (Å²) in [4.78, 5) is 7.91. The molecule has 0 saturated heterocycles. The van der Waals surface area contributed by atoms with Crippen LogP contribution in [0.25, 0.3) is 0 Å². The van der Waals surface area contributed by atoms with Crippen molar-refractivity contribution in [2.75, 3.05) is 11.9 Å². The maximum absolute atomic E-state index is 12.7. The summed E-state index contributed by atoms with van der Waals surface area (Å²) in [5.41, 5.74) is 1.06. The molecule has 0 aliphatic heterocycles. The first kappa shape index (κ1) is 13.2. The van der Waals surface area contributed by atoms with Gasteiger partial charge in [-0.15, -0.1) is 0 Å². The molecule has 1 N–H and O–H groups in total. The first-order chi connectivity index (χ1) is 8.66. The molecule has 0 aliphatic rings. The van der Waals surface area contributed by atoms with E-state index in [1.807, 2.05) is 0 Å². The average molecular weight is 331 g/mol. The summed E-state index contributed by atoms with van der Waals surface area (Å²) in [6.45, 7) is 0.678. The molecular formula is C12H10BrClFN3. The summed E-state index contributed by atoms with van der Waals surface area (Å²) in [5, 5.41) is 3.51. The molecule has 3 nitrogen and oxygen atoms in total. The Morgan fingerprint density at radius 2 is 1.94 bits per heavy atom. The van der Waals surface area contributed by atoms with Gasteiger partial charge in [0.25, 0.3) is 0 Å². The molecule has 0 bridgehead atoms. The van der Waals surface area contributed by atoms with Crippen molar-refractivity contribution >= 4 is 33.3 Å². The topological polar surface area (TPSA) is 37.8 Å². The largest absolute Gasteiger partial charge is 0.369 e. The van der Waals surface area contributed by atoms with Gasteiger partial charge in [0.1, 0.15) is 23.1 Å². The number of benzene rings is 1. The van der Waals surface area contributed by atoms with E-state index in [2.05, 4.69) is 31.2 Å². The van der Waals surface area contributed by atoms with Crippen LogP contribution in [0.2, 0.25) is 5.15 Å². The van der Waals surface area contributed by atoms with Crippen LogP contribution in [-0.4, -0.2) is 16.5 Å². The van der Waals surface area contributed by atoms with E-state index in [1.165, 1.54) is 18.5 Å². The molecule has 0 aliphatic carbocycles. The third-order valence-electron chi connectivity index (χ3n) is 2.37. The Hall–Kier alpha value is -1.20. The van der Waals surface area contributed by atoms with E-state index in [0.717, 1.165) is 12.0 Å². The second kappa shape index (κ2) is 6.11. The van der Waals surface area contributed by atoms with Crippen LogP contribution >= 0.6 is 27.5 Å². The summed E-state index contributed by atoms with van der Waals surface area (Å²) >= 11 is 9.15. The normalized spacial score (nSPS) is 10.4. The molecule has 0 saturated carbocycles. The molecule has 0 unspecified atom stereocenters. The minimum Gasteiger partial charge on any atom is -0.369 e. The highest BCUT2D eigenvalue weighted by Gasteiger charge is 2.05. The molecule has 18 heavy (non-hydrogen) atoms. The molecule has 0 atom stereocenters. The van der Waals surface area contributed by atoms with E-state index in [-0.39, 0.29) is 5.82 Å². The Morgan fingerprint density at radius 1 is 1.22 bits per heavy atom. The first-order valence-corrected chi connectivity index (χ1v) is 6.48. The van der Waals surface area contributed by atoms with Crippen molar-refractivity contribution in [1.29, 1.82) is 0 Å². The van der Waals surface area contributed by atoms with Crippen LogP contribution in [0.15, 0.2) is 35.1 Å². The van der Waals surface area contributed by atoms with E-state index in [1.54, 1.807) is 12.1 Å². The van der Waals surface area contributed by atoms with Gasteiger partial charge < -0.3 is 5.32 Å². The predicted octanol–water partition coefficient (Wildman–Crippen LogP) is 3.69. The zero-order valence-corrected chi connectivity index (χ0v) is 11.7. The van der Waals surface area contributed by atoms with Gasteiger partial charge in [0, 0.05) is 6.54 Å². The van der Waals surface area contributed by atoms with E-state index >= 15 is 0 Å². The minimum atomic E-state index is -0.225. The van der Waals surface area contributed by atoms with Crippen LogP contribution in [0.3, 0.4) is 0 Å². The lowest BCUT2D eigenvalue weighted by Gasteiger charge is -2.07. The molecule has 1 aromatic heterocycles. The number of hydrogen-bond donors (Lipinski definition) is 1. The number of anilines is 1. The Morgan fingerprint density at radius 3 is 2.67 bits per heavy atom. The smallest absolute Gasteiger partial charge is 0.148 e. The summed E-state index contributed by atoms with van der Waals surface area (Å²) in [7, 11) is 0. The van der Waals surface area contributed by atoms with Crippen LogP contribution in [-0.2, 0) is 6.42 Å². The van der Waals surface area contributed by atoms with Crippen LogP contribution in [0.5, 0.6) is 0 Å². The molecule has 0 amide bonds. The number of rotatable bonds is 4. The molecular weight excluding hydrogens is 321 g/mol. The zero-order valence-electron chi connectivity index (χ0n) is 9.33. The molecule has 0 radical (unpaired) electrons. The quantitative estimate of drug-likeness (QED) is 0.869. The lowest BCUT2D eigenvalue weighted by molar-refractivity contribution is 0.627. The van der Waals surface area contributed by atoms with Crippen molar-refractivity contribution in [2.24, 2.45) is 0 Å². The maximum atomic E-state index is 12.7. The van der Waals surface area contributed by atoms with Crippen molar-refractivity contribution in [3.8, 4) is 0 Å². The number of nitrogens with one attached hydrogen (secondary N) is 1. The Balaban J connectivity index is 1.92. The van der Waals surface area contributed by atoms with Crippen LogP contribution in [0.4, 0.5) is 10.2 Å².